The first-order chi connectivity index (χ1) is 47.2. The minimum atomic E-state index is -2.50. The van der Waals surface area contributed by atoms with Gasteiger partial charge in [-0.05, 0) is 6.92 Å². The van der Waals surface area contributed by atoms with Crippen LogP contribution in [-0.4, -0.2) is 423 Å². The van der Waals surface area contributed by atoms with Crippen LogP contribution in [0.3, 0.4) is 0 Å². The molecule has 8 aliphatic heterocycles. The molecule has 44 nitrogen and oxygen atoms in total. The summed E-state index contributed by atoms with van der Waals surface area (Å²) in [7, 11) is 0. The molecule has 4 amide bonds. The van der Waals surface area contributed by atoms with Crippen LogP contribution in [0.25, 0.3) is 0 Å². The predicted octanol–water partition coefficient (Wildman–Crippen LogP) is -16.8. The molecular formula is C56H94N4O40. The summed E-state index contributed by atoms with van der Waals surface area (Å²) >= 11 is 0. The minimum absolute atomic E-state index is 0.809. The number of aliphatic hydroxyl groups is 21. The molecule has 8 heterocycles. The quantitative estimate of drug-likeness (QED) is 0.0404. The monoisotopic (exact) mass is 1460 g/mol. The Morgan fingerprint density at radius 2 is 0.620 bits per heavy atom. The largest absolute Gasteiger partial charge is 0.394 e. The molecule has 44 heteroatoms. The van der Waals surface area contributed by atoms with Crippen molar-refractivity contribution in [2.24, 2.45) is 0 Å². The molecule has 0 aromatic heterocycles. The third kappa shape index (κ3) is 18.3. The van der Waals surface area contributed by atoms with Crippen molar-refractivity contribution < 1.29 is 197 Å². The van der Waals surface area contributed by atoms with Gasteiger partial charge in [-0.2, -0.15) is 0 Å². The van der Waals surface area contributed by atoms with Crippen molar-refractivity contribution in [1.82, 2.24) is 21.3 Å². The number of carbonyl (C=O) groups excluding carboxylic acids is 4. The van der Waals surface area contributed by atoms with Crippen molar-refractivity contribution in [2.75, 3.05) is 46.2 Å². The van der Waals surface area contributed by atoms with Crippen molar-refractivity contribution in [1.29, 1.82) is 0 Å². The highest BCUT2D eigenvalue weighted by Gasteiger charge is 2.60. The van der Waals surface area contributed by atoms with Gasteiger partial charge in [-0.15, -0.1) is 0 Å². The summed E-state index contributed by atoms with van der Waals surface area (Å²) in [5, 5.41) is 242. The van der Waals surface area contributed by atoms with E-state index in [0.29, 0.717) is 0 Å². The van der Waals surface area contributed by atoms with Crippen LogP contribution in [0.1, 0.15) is 34.6 Å². The third-order valence-corrected chi connectivity index (χ3v) is 18.2. The molecule has 8 rings (SSSR count). The Labute approximate surface area is 567 Å². The Morgan fingerprint density at radius 3 is 1.09 bits per heavy atom. The Balaban J connectivity index is 1.14. The van der Waals surface area contributed by atoms with Crippen molar-refractivity contribution >= 4 is 23.6 Å². The molecule has 8 fully saturated rings. The van der Waals surface area contributed by atoms with Crippen LogP contribution >= 0.6 is 0 Å². The molecule has 100 heavy (non-hydrogen) atoms. The van der Waals surface area contributed by atoms with Crippen LogP contribution in [0, 0.1) is 0 Å². The van der Waals surface area contributed by atoms with Crippen molar-refractivity contribution in [2.45, 2.75) is 280 Å². The highest BCUT2D eigenvalue weighted by molar-refractivity contribution is 5.74. The number of hydrogen-bond acceptors (Lipinski definition) is 40. The summed E-state index contributed by atoms with van der Waals surface area (Å²) in [5.41, 5.74) is 0. The standard InChI is InChI=1S/C56H94N4O40/c1-13-29(70)39(80)42(83)53(88-13)86-12-24-45(37(78)25(49(85)89-24)57-14(2)66)96-52-28(60-17(5)69)38(79)44(22(10-65)94-52)97-54-43(84)46(98-56-48(41(82)33(74)21(9-64)93-56)100-51-27(59-16(4)68)36(77)31(72)19(7-62)91-51)34(75)23(95-54)11-87-55-47(40(81)32(73)20(8-63)92-55)99-50-26(58-15(3)67)35(76)30(71)18(6-61)90-50/h13,18-56,61-65,70-85H,6-12H2,1-5H3,(H,57,66)(H,58,67)(H,59,68)(H,60,69)/t13-,18+,19+,20+,21+,22+,23+,24+,25+,26+,27+,28+,29+,30+,31+,32+,33+,34+,35+,36+,37+,38+,39+,40-,41-,42-,43-,44+,45+,46-,47-,48-,49?,50-,51-,52-,53?,54-,55-,56+/m0/s1. The van der Waals surface area contributed by atoms with Gasteiger partial charge >= 0.3 is 0 Å². The van der Waals surface area contributed by atoms with Crippen molar-refractivity contribution in [3.05, 3.63) is 0 Å². The zero-order valence-electron chi connectivity index (χ0n) is 54.2. The lowest BCUT2D eigenvalue weighted by atomic mass is 9.93. The molecule has 2 unspecified atom stereocenters. The van der Waals surface area contributed by atoms with E-state index in [9.17, 15) is 126 Å². The first kappa shape index (κ1) is 82.1. The molecule has 0 radical (unpaired) electrons. The summed E-state index contributed by atoms with van der Waals surface area (Å²) in [6.45, 7) is -1.92. The number of amides is 4. The molecule has 8 aliphatic rings. The van der Waals surface area contributed by atoms with E-state index in [1.165, 1.54) is 6.92 Å². The molecule has 0 aliphatic carbocycles. The van der Waals surface area contributed by atoms with Gasteiger partial charge in [-0.3, -0.25) is 19.2 Å². The minimum Gasteiger partial charge on any atom is -0.394 e. The Bertz CT molecular complexity index is 2620. The van der Waals surface area contributed by atoms with Gasteiger partial charge in [0.1, 0.15) is 189 Å². The molecule has 25 N–H and O–H groups in total. The molecule has 0 saturated carbocycles. The molecule has 0 bridgehead atoms. The highest BCUT2D eigenvalue weighted by Crippen LogP contribution is 2.38. The maximum atomic E-state index is 13.1. The molecule has 40 atom stereocenters. The van der Waals surface area contributed by atoms with E-state index in [1.54, 1.807) is 0 Å². The summed E-state index contributed by atoms with van der Waals surface area (Å²) in [6.07, 6.45) is -71.6. The second-order valence-electron chi connectivity index (χ2n) is 25.4. The fraction of sp³-hybridized carbons (Fsp3) is 0.929. The van der Waals surface area contributed by atoms with Gasteiger partial charge in [0.15, 0.2) is 50.3 Å². The lowest BCUT2D eigenvalue weighted by Gasteiger charge is -2.51. The van der Waals surface area contributed by atoms with E-state index >= 15 is 0 Å². The lowest BCUT2D eigenvalue weighted by molar-refractivity contribution is -0.396. The third-order valence-electron chi connectivity index (χ3n) is 18.2. The number of aliphatic hydroxyl groups excluding tert-OH is 21. The van der Waals surface area contributed by atoms with Gasteiger partial charge in [0.05, 0.1) is 52.4 Å². The van der Waals surface area contributed by atoms with E-state index in [1.807, 2.05) is 0 Å². The van der Waals surface area contributed by atoms with Crippen LogP contribution in [0.2, 0.25) is 0 Å². The lowest BCUT2D eigenvalue weighted by Crippen LogP contribution is -2.71. The molecule has 0 spiro atoms. The van der Waals surface area contributed by atoms with Gasteiger partial charge < -0.3 is 200 Å². The van der Waals surface area contributed by atoms with Gasteiger partial charge in [-0.1, -0.05) is 0 Å². The van der Waals surface area contributed by atoms with E-state index in [0.717, 1.165) is 27.7 Å². The number of rotatable bonds is 25. The second-order valence-corrected chi connectivity index (χ2v) is 25.4. The topological polar surface area (TPSA) is 680 Å². The van der Waals surface area contributed by atoms with Crippen LogP contribution in [0.5, 0.6) is 0 Å². The van der Waals surface area contributed by atoms with Gasteiger partial charge in [0.2, 0.25) is 23.6 Å². The summed E-state index contributed by atoms with van der Waals surface area (Å²) < 4.78 is 88.8. The average Bonchev–Trinajstić information content (AvgIpc) is 0.773. The summed E-state index contributed by atoms with van der Waals surface area (Å²) in [4.78, 5) is 50.2. The van der Waals surface area contributed by atoms with Crippen molar-refractivity contribution in [3.63, 3.8) is 0 Å². The Morgan fingerprint density at radius 1 is 0.280 bits per heavy atom. The summed E-state index contributed by atoms with van der Waals surface area (Å²) in [6, 6.07) is -7.10. The summed E-state index contributed by atoms with van der Waals surface area (Å²) in [5.74, 6) is -3.42. The van der Waals surface area contributed by atoms with E-state index in [4.69, 9.17) is 71.1 Å². The first-order valence-electron chi connectivity index (χ1n) is 32.0. The van der Waals surface area contributed by atoms with Gasteiger partial charge in [-0.25, -0.2) is 0 Å². The van der Waals surface area contributed by atoms with Crippen LogP contribution < -0.4 is 21.3 Å². The molecular weight excluding hydrogens is 1370 g/mol. The molecule has 578 valence electrons. The highest BCUT2D eigenvalue weighted by atomic mass is 16.8. The second kappa shape index (κ2) is 35.7. The zero-order chi connectivity index (χ0) is 73.8. The van der Waals surface area contributed by atoms with Crippen LogP contribution in [0.15, 0.2) is 0 Å². The van der Waals surface area contributed by atoms with E-state index in [2.05, 4.69) is 21.3 Å². The number of nitrogens with one attached hydrogen (secondary N) is 4. The van der Waals surface area contributed by atoms with E-state index in [-0.39, 0.29) is 0 Å². The van der Waals surface area contributed by atoms with E-state index < -0.39 is 315 Å². The molecule has 0 aromatic rings. The van der Waals surface area contributed by atoms with Gasteiger partial charge in [0.25, 0.3) is 0 Å². The first-order valence-corrected chi connectivity index (χ1v) is 32.0. The SMILES string of the molecule is CC(=O)N[C@H]1[C@H](O[C@H]2[C@H](O)[C@@H](NC(C)=O)C(O)O[C@@H]2COC2O[C@@H](C)[C@@H](O)[C@@H](O)[C@@H]2O)O[C@H](CO)[C@@H](O[C@@H]2O[C@H](CO[C@H]3O[C@H](CO)[C@@H](O)[C@H](O)[C@@H]3O[C@@H]3O[C@H](CO)[C@@H](O)[C@H](O)[C@H]3NC(C)=O)[C@@H](O)[C@H](O[C@H]3O[C@H](CO)[C@@H](O)[C@H](O)[C@@H]3O[C@@H]3O[C@H](CO)[C@@H](O)[C@H](O)[C@H]3NC(C)=O)[C@@H]2O)[C@@H]1O. The smallest absolute Gasteiger partial charge is 0.217 e. The number of carbonyl (C=O) groups is 4. The Hall–Kier alpha value is -3.56. The number of ether oxygens (including phenoxy) is 15. The fourth-order valence-corrected chi connectivity index (χ4v) is 12.8. The maximum absolute atomic E-state index is 13.1. The average molecular weight is 1460 g/mol. The van der Waals surface area contributed by atoms with Gasteiger partial charge in [0, 0.05) is 27.7 Å². The maximum Gasteiger partial charge on any atom is 0.217 e. The molecule has 0 aromatic carbocycles. The molecule has 8 saturated heterocycles. The Kier molecular flexibility index (Phi) is 29.3. The fourth-order valence-electron chi connectivity index (χ4n) is 12.8. The zero-order valence-corrected chi connectivity index (χ0v) is 54.2. The predicted molar refractivity (Wildman–Crippen MR) is 309 cm³/mol. The van der Waals surface area contributed by atoms with Crippen molar-refractivity contribution in [3.8, 4) is 0 Å². The normalized spacial score (nSPS) is 48.7. The van der Waals surface area contributed by atoms with Crippen LogP contribution in [-0.2, 0) is 90.2 Å². The van der Waals surface area contributed by atoms with Crippen LogP contribution in [0.4, 0.5) is 0 Å². The number of hydrogen-bond donors (Lipinski definition) is 25.